The molecule has 1 aromatic heterocycles. The minimum Gasteiger partial charge on any atom is -0.327 e. The van der Waals surface area contributed by atoms with Crippen LogP contribution in [0.15, 0.2) is 12.3 Å². The van der Waals surface area contributed by atoms with Crippen molar-refractivity contribution in [3.05, 3.63) is 18.0 Å². The molecule has 0 fully saturated rings. The van der Waals surface area contributed by atoms with Gasteiger partial charge in [-0.15, -0.1) is 0 Å². The lowest BCUT2D eigenvalue weighted by Crippen LogP contribution is -2.26. The predicted molar refractivity (Wildman–Crippen MR) is 62.5 cm³/mol. The van der Waals surface area contributed by atoms with E-state index in [2.05, 4.69) is 12.0 Å². The Morgan fingerprint density at radius 2 is 2.43 bits per heavy atom. The first kappa shape index (κ1) is 11.6. The molecule has 2 N–H and O–H groups in total. The summed E-state index contributed by atoms with van der Waals surface area (Å²) in [5.74, 6) is 2.24. The van der Waals surface area contributed by atoms with Gasteiger partial charge >= 0.3 is 0 Å². The Balaban J connectivity index is 2.23. The van der Waals surface area contributed by atoms with Gasteiger partial charge in [-0.05, 0) is 18.2 Å². The molecule has 3 nitrogen and oxygen atoms in total. The first-order valence-electron chi connectivity index (χ1n) is 5.04. The van der Waals surface area contributed by atoms with Gasteiger partial charge in [0.25, 0.3) is 0 Å². The van der Waals surface area contributed by atoms with E-state index in [0.717, 1.165) is 17.9 Å². The summed E-state index contributed by atoms with van der Waals surface area (Å²) in [4.78, 5) is 0. The molecular weight excluding hydrogens is 194 g/mol. The van der Waals surface area contributed by atoms with Gasteiger partial charge in [0.2, 0.25) is 0 Å². The van der Waals surface area contributed by atoms with Crippen LogP contribution in [0, 0.1) is 0 Å². The summed E-state index contributed by atoms with van der Waals surface area (Å²) in [6.07, 6.45) is 4.07. The Labute approximate surface area is 90.1 Å². The fourth-order valence-corrected chi connectivity index (χ4v) is 2.15. The zero-order chi connectivity index (χ0) is 10.4. The van der Waals surface area contributed by atoms with Crippen molar-refractivity contribution in [3.63, 3.8) is 0 Å². The minimum atomic E-state index is 0.237. The molecule has 1 atom stereocenters. The molecule has 0 aliphatic carbocycles. The molecular formula is C10H19N3S. The lowest BCUT2D eigenvalue weighted by Gasteiger charge is -2.08. The van der Waals surface area contributed by atoms with E-state index in [0.29, 0.717) is 0 Å². The van der Waals surface area contributed by atoms with Crippen LogP contribution in [-0.2, 0) is 13.5 Å². The van der Waals surface area contributed by atoms with Crippen LogP contribution in [0.2, 0.25) is 0 Å². The molecule has 80 valence electrons. The maximum atomic E-state index is 5.99. The molecule has 0 aliphatic rings. The van der Waals surface area contributed by atoms with Crippen molar-refractivity contribution in [1.29, 1.82) is 0 Å². The third-order valence-corrected chi connectivity index (χ3v) is 3.28. The quantitative estimate of drug-likeness (QED) is 0.727. The van der Waals surface area contributed by atoms with E-state index in [1.807, 2.05) is 35.8 Å². The summed E-state index contributed by atoms with van der Waals surface area (Å²) in [5, 5.41) is 4.31. The standard InChI is InChI=1S/C10H19N3S/c1-3-6-14-8-9(11)7-10-4-5-13(2)12-10/h4-5,9H,3,6-8,11H2,1-2H3. The van der Waals surface area contributed by atoms with E-state index in [9.17, 15) is 0 Å². The summed E-state index contributed by atoms with van der Waals surface area (Å²) in [7, 11) is 1.93. The molecule has 0 saturated carbocycles. The second-order valence-electron chi connectivity index (χ2n) is 3.52. The monoisotopic (exact) mass is 213 g/mol. The highest BCUT2D eigenvalue weighted by Gasteiger charge is 2.05. The smallest absolute Gasteiger partial charge is 0.0640 e. The van der Waals surface area contributed by atoms with E-state index in [4.69, 9.17) is 5.73 Å². The van der Waals surface area contributed by atoms with Crippen molar-refractivity contribution in [3.8, 4) is 0 Å². The largest absolute Gasteiger partial charge is 0.327 e. The predicted octanol–water partition coefficient (Wildman–Crippen LogP) is 1.43. The SMILES string of the molecule is CCCSCC(N)Cc1ccn(C)n1. The van der Waals surface area contributed by atoms with Crippen LogP contribution in [0.4, 0.5) is 0 Å². The van der Waals surface area contributed by atoms with Gasteiger partial charge in [-0.25, -0.2) is 0 Å². The number of hydrogen-bond acceptors (Lipinski definition) is 3. The summed E-state index contributed by atoms with van der Waals surface area (Å²) < 4.78 is 1.82. The zero-order valence-corrected chi connectivity index (χ0v) is 9.76. The summed E-state index contributed by atoms with van der Waals surface area (Å²) in [6, 6.07) is 2.27. The number of aryl methyl sites for hydroxylation is 1. The van der Waals surface area contributed by atoms with Crippen molar-refractivity contribution in [1.82, 2.24) is 9.78 Å². The van der Waals surface area contributed by atoms with E-state index in [1.165, 1.54) is 12.2 Å². The Morgan fingerprint density at radius 1 is 1.64 bits per heavy atom. The highest BCUT2D eigenvalue weighted by atomic mass is 32.2. The number of nitrogens with two attached hydrogens (primary N) is 1. The second-order valence-corrected chi connectivity index (χ2v) is 4.67. The minimum absolute atomic E-state index is 0.237. The van der Waals surface area contributed by atoms with Crippen molar-refractivity contribution in [2.45, 2.75) is 25.8 Å². The first-order valence-corrected chi connectivity index (χ1v) is 6.19. The fraction of sp³-hybridized carbons (Fsp3) is 0.700. The molecule has 0 bridgehead atoms. The van der Waals surface area contributed by atoms with E-state index < -0.39 is 0 Å². The van der Waals surface area contributed by atoms with Crippen LogP contribution >= 0.6 is 11.8 Å². The summed E-state index contributed by atoms with van der Waals surface area (Å²) in [5.41, 5.74) is 7.08. The Kier molecular flexibility index (Phi) is 5.04. The molecule has 0 radical (unpaired) electrons. The second kappa shape index (κ2) is 6.09. The number of aromatic nitrogens is 2. The molecule has 14 heavy (non-hydrogen) atoms. The van der Waals surface area contributed by atoms with Gasteiger partial charge in [0.05, 0.1) is 5.69 Å². The van der Waals surface area contributed by atoms with Crippen LogP contribution in [-0.4, -0.2) is 27.3 Å². The van der Waals surface area contributed by atoms with E-state index in [-0.39, 0.29) is 6.04 Å². The van der Waals surface area contributed by atoms with Crippen LogP contribution < -0.4 is 5.73 Å². The maximum absolute atomic E-state index is 5.99. The van der Waals surface area contributed by atoms with Crippen LogP contribution in [0.3, 0.4) is 0 Å². The van der Waals surface area contributed by atoms with Crippen LogP contribution in [0.5, 0.6) is 0 Å². The third kappa shape index (κ3) is 4.15. The van der Waals surface area contributed by atoms with Crippen molar-refractivity contribution >= 4 is 11.8 Å². The van der Waals surface area contributed by atoms with E-state index >= 15 is 0 Å². The Morgan fingerprint density at radius 3 is 3.00 bits per heavy atom. The highest BCUT2D eigenvalue weighted by Crippen LogP contribution is 2.06. The normalized spacial score (nSPS) is 13.1. The molecule has 0 aliphatic heterocycles. The average Bonchev–Trinajstić information content (AvgIpc) is 2.52. The van der Waals surface area contributed by atoms with Gasteiger partial charge in [-0.3, -0.25) is 4.68 Å². The topological polar surface area (TPSA) is 43.8 Å². The van der Waals surface area contributed by atoms with Crippen LogP contribution in [0.1, 0.15) is 19.0 Å². The first-order chi connectivity index (χ1) is 6.72. The lowest BCUT2D eigenvalue weighted by molar-refractivity contribution is 0.691. The lowest BCUT2D eigenvalue weighted by atomic mass is 10.2. The van der Waals surface area contributed by atoms with Crippen molar-refractivity contribution in [2.75, 3.05) is 11.5 Å². The van der Waals surface area contributed by atoms with Crippen molar-refractivity contribution in [2.24, 2.45) is 12.8 Å². The average molecular weight is 213 g/mol. The molecule has 4 heteroatoms. The number of thioether (sulfide) groups is 1. The van der Waals surface area contributed by atoms with Crippen molar-refractivity contribution < 1.29 is 0 Å². The fourth-order valence-electron chi connectivity index (χ4n) is 1.28. The molecule has 1 unspecified atom stereocenters. The number of nitrogens with zero attached hydrogens (tertiary/aromatic N) is 2. The highest BCUT2D eigenvalue weighted by molar-refractivity contribution is 7.99. The van der Waals surface area contributed by atoms with Gasteiger partial charge < -0.3 is 5.73 Å². The van der Waals surface area contributed by atoms with Crippen LogP contribution in [0.25, 0.3) is 0 Å². The zero-order valence-electron chi connectivity index (χ0n) is 8.94. The molecule has 1 rings (SSSR count). The molecule has 1 aromatic rings. The maximum Gasteiger partial charge on any atom is 0.0640 e. The Bertz CT molecular complexity index is 260. The van der Waals surface area contributed by atoms with Gasteiger partial charge in [0.15, 0.2) is 0 Å². The summed E-state index contributed by atoms with van der Waals surface area (Å²) in [6.45, 7) is 2.19. The van der Waals surface area contributed by atoms with Gasteiger partial charge in [-0.2, -0.15) is 16.9 Å². The van der Waals surface area contributed by atoms with Gasteiger partial charge in [0.1, 0.15) is 0 Å². The van der Waals surface area contributed by atoms with Gasteiger partial charge in [-0.1, -0.05) is 6.92 Å². The molecule has 0 aromatic carbocycles. The Hall–Kier alpha value is -0.480. The molecule has 1 heterocycles. The summed E-state index contributed by atoms with van der Waals surface area (Å²) >= 11 is 1.93. The number of rotatable bonds is 6. The molecule has 0 saturated heterocycles. The third-order valence-electron chi connectivity index (χ3n) is 1.92. The van der Waals surface area contributed by atoms with Gasteiger partial charge in [0, 0.05) is 31.5 Å². The molecule has 0 amide bonds. The number of hydrogen-bond donors (Lipinski definition) is 1. The van der Waals surface area contributed by atoms with E-state index in [1.54, 1.807) is 0 Å². The molecule has 0 spiro atoms.